The second-order valence-electron chi connectivity index (χ2n) is 6.64. The maximum absolute atomic E-state index is 13.1. The van der Waals surface area contributed by atoms with Crippen molar-refractivity contribution in [3.63, 3.8) is 0 Å². The summed E-state index contributed by atoms with van der Waals surface area (Å²) in [4.78, 5) is 35.6. The summed E-state index contributed by atoms with van der Waals surface area (Å²) in [5.41, 5.74) is 2.86. The Kier molecular flexibility index (Phi) is 3.99. The van der Waals surface area contributed by atoms with Crippen molar-refractivity contribution in [3.05, 3.63) is 60.3 Å². The van der Waals surface area contributed by atoms with Crippen molar-refractivity contribution in [2.75, 3.05) is 14.1 Å². The van der Waals surface area contributed by atoms with Gasteiger partial charge in [-0.3, -0.25) is 14.3 Å². The Bertz CT molecular complexity index is 1190. The molecule has 3 aromatic heterocycles. The summed E-state index contributed by atoms with van der Waals surface area (Å²) in [6.45, 7) is 2.02. The van der Waals surface area contributed by atoms with E-state index in [9.17, 15) is 9.59 Å². The SMILES string of the molecule is Cc1nc2cnccc2n1CC(=O)c1cn(C(=O)N(C)C)c2ccccc12. The Morgan fingerprint density at radius 1 is 1.11 bits per heavy atom. The molecule has 0 N–H and O–H groups in total. The average molecular weight is 361 g/mol. The van der Waals surface area contributed by atoms with Crippen LogP contribution < -0.4 is 0 Å². The van der Waals surface area contributed by atoms with Crippen LogP contribution in [0.3, 0.4) is 0 Å². The van der Waals surface area contributed by atoms with Gasteiger partial charge in [0.05, 0.1) is 23.8 Å². The number of aryl methyl sites for hydroxylation is 1. The highest BCUT2D eigenvalue weighted by Gasteiger charge is 2.20. The van der Waals surface area contributed by atoms with E-state index >= 15 is 0 Å². The first-order valence-electron chi connectivity index (χ1n) is 8.59. The van der Waals surface area contributed by atoms with Crippen LogP contribution in [0.25, 0.3) is 21.9 Å². The molecule has 1 amide bonds. The number of hydrogen-bond acceptors (Lipinski definition) is 4. The van der Waals surface area contributed by atoms with E-state index in [0.717, 1.165) is 27.8 Å². The van der Waals surface area contributed by atoms with Gasteiger partial charge in [-0.15, -0.1) is 0 Å². The Balaban J connectivity index is 1.79. The molecule has 4 aromatic rings. The molecule has 0 saturated carbocycles. The van der Waals surface area contributed by atoms with Gasteiger partial charge in [0.1, 0.15) is 11.3 Å². The predicted molar refractivity (Wildman–Crippen MR) is 103 cm³/mol. The summed E-state index contributed by atoms with van der Waals surface area (Å²) >= 11 is 0. The molecule has 4 rings (SSSR count). The van der Waals surface area contributed by atoms with E-state index in [1.807, 2.05) is 41.8 Å². The molecule has 0 saturated heterocycles. The molecule has 0 fully saturated rings. The largest absolute Gasteiger partial charge is 0.330 e. The van der Waals surface area contributed by atoms with Crippen LogP contribution in [0.15, 0.2) is 48.9 Å². The number of para-hydroxylation sites is 1. The Hall–Kier alpha value is -3.48. The molecule has 7 nitrogen and oxygen atoms in total. The first kappa shape index (κ1) is 17.0. The lowest BCUT2D eigenvalue weighted by molar-refractivity contribution is 0.0974. The van der Waals surface area contributed by atoms with E-state index in [2.05, 4.69) is 9.97 Å². The number of ketones is 1. The fourth-order valence-electron chi connectivity index (χ4n) is 3.31. The van der Waals surface area contributed by atoms with E-state index in [0.29, 0.717) is 5.56 Å². The Labute approximate surface area is 155 Å². The third-order valence-corrected chi connectivity index (χ3v) is 4.64. The van der Waals surface area contributed by atoms with Crippen LogP contribution in [-0.2, 0) is 6.54 Å². The average Bonchev–Trinajstić information content (AvgIpc) is 3.19. The summed E-state index contributed by atoms with van der Waals surface area (Å²) < 4.78 is 3.39. The molecule has 0 spiro atoms. The van der Waals surface area contributed by atoms with E-state index in [1.165, 1.54) is 9.47 Å². The van der Waals surface area contributed by atoms with E-state index in [1.54, 1.807) is 32.7 Å². The van der Waals surface area contributed by atoms with Crippen molar-refractivity contribution in [1.82, 2.24) is 24.0 Å². The quantitative estimate of drug-likeness (QED) is 0.526. The van der Waals surface area contributed by atoms with Crippen molar-refractivity contribution in [3.8, 4) is 0 Å². The van der Waals surface area contributed by atoms with Crippen molar-refractivity contribution in [2.24, 2.45) is 0 Å². The second kappa shape index (κ2) is 6.35. The number of hydrogen-bond donors (Lipinski definition) is 0. The molecule has 0 aliphatic carbocycles. The van der Waals surface area contributed by atoms with Crippen molar-refractivity contribution in [1.29, 1.82) is 0 Å². The highest BCUT2D eigenvalue weighted by Crippen LogP contribution is 2.24. The fraction of sp³-hybridized carbons (Fsp3) is 0.200. The normalized spacial score (nSPS) is 11.2. The van der Waals surface area contributed by atoms with Crippen LogP contribution >= 0.6 is 0 Å². The number of carbonyl (C=O) groups excluding carboxylic acids is 2. The summed E-state index contributed by atoms with van der Waals surface area (Å²) in [5.74, 6) is 0.676. The maximum atomic E-state index is 13.1. The Morgan fingerprint density at radius 2 is 1.89 bits per heavy atom. The third-order valence-electron chi connectivity index (χ3n) is 4.64. The predicted octanol–water partition coefficient (Wildman–Crippen LogP) is 3.11. The van der Waals surface area contributed by atoms with Crippen LogP contribution in [0.2, 0.25) is 0 Å². The third kappa shape index (κ3) is 2.77. The number of rotatable bonds is 3. The lowest BCUT2D eigenvalue weighted by Crippen LogP contribution is -2.26. The highest BCUT2D eigenvalue weighted by atomic mass is 16.2. The first-order valence-corrected chi connectivity index (χ1v) is 8.59. The number of benzene rings is 1. The number of fused-ring (bicyclic) bond motifs is 2. The Morgan fingerprint density at radius 3 is 2.67 bits per heavy atom. The lowest BCUT2D eigenvalue weighted by Gasteiger charge is -2.11. The number of imidazole rings is 1. The number of aromatic nitrogens is 4. The monoisotopic (exact) mass is 361 g/mol. The van der Waals surface area contributed by atoms with Gasteiger partial charge < -0.3 is 9.47 Å². The molecule has 1 aromatic carbocycles. The summed E-state index contributed by atoms with van der Waals surface area (Å²) in [7, 11) is 3.38. The summed E-state index contributed by atoms with van der Waals surface area (Å²) in [6.07, 6.45) is 5.00. The van der Waals surface area contributed by atoms with Crippen LogP contribution in [-0.4, -0.2) is 49.9 Å². The zero-order valence-corrected chi connectivity index (χ0v) is 15.4. The molecule has 0 aliphatic rings. The second-order valence-corrected chi connectivity index (χ2v) is 6.64. The topological polar surface area (TPSA) is 73.0 Å². The molecule has 7 heteroatoms. The number of Topliss-reactive ketones (excluding diaryl/α,β-unsaturated/α-hetero) is 1. The van der Waals surface area contributed by atoms with Gasteiger partial charge in [0.15, 0.2) is 5.78 Å². The van der Waals surface area contributed by atoms with Crippen LogP contribution in [0.4, 0.5) is 4.79 Å². The number of pyridine rings is 1. The van der Waals surface area contributed by atoms with Gasteiger partial charge in [0.2, 0.25) is 0 Å². The van der Waals surface area contributed by atoms with Crippen molar-refractivity contribution >= 4 is 33.8 Å². The van der Waals surface area contributed by atoms with Gasteiger partial charge >= 0.3 is 6.03 Å². The molecule has 0 aliphatic heterocycles. The number of amides is 1. The molecule has 0 radical (unpaired) electrons. The molecular formula is C20H19N5O2. The fourth-order valence-corrected chi connectivity index (χ4v) is 3.31. The van der Waals surface area contributed by atoms with E-state index < -0.39 is 0 Å². The van der Waals surface area contributed by atoms with Crippen LogP contribution in [0, 0.1) is 6.92 Å². The first-order chi connectivity index (χ1) is 13.0. The summed E-state index contributed by atoms with van der Waals surface area (Å²) in [5, 5.41) is 0.765. The standard InChI is InChI=1S/C20H19N5O2/c1-13-22-16-10-21-9-8-18(16)24(13)12-19(26)15-11-25(20(27)23(2)3)17-7-5-4-6-14(15)17/h4-11H,12H2,1-3H3. The number of carbonyl (C=O) groups is 2. The van der Waals surface area contributed by atoms with Crippen LogP contribution in [0.5, 0.6) is 0 Å². The molecule has 0 atom stereocenters. The van der Waals surface area contributed by atoms with E-state index in [4.69, 9.17) is 0 Å². The molecule has 136 valence electrons. The molecule has 3 heterocycles. The van der Waals surface area contributed by atoms with Gasteiger partial charge in [-0.2, -0.15) is 0 Å². The van der Waals surface area contributed by atoms with Gasteiger partial charge in [-0.1, -0.05) is 18.2 Å². The summed E-state index contributed by atoms with van der Waals surface area (Å²) in [6, 6.07) is 9.09. The minimum atomic E-state index is -0.194. The molecule has 27 heavy (non-hydrogen) atoms. The zero-order chi connectivity index (χ0) is 19.1. The number of nitrogens with zero attached hydrogens (tertiary/aromatic N) is 5. The molecule has 0 bridgehead atoms. The zero-order valence-electron chi connectivity index (χ0n) is 15.4. The van der Waals surface area contributed by atoms with Crippen LogP contribution in [0.1, 0.15) is 16.2 Å². The van der Waals surface area contributed by atoms with Gasteiger partial charge in [0, 0.05) is 37.4 Å². The van der Waals surface area contributed by atoms with Gasteiger partial charge in [-0.25, -0.2) is 9.78 Å². The molecular weight excluding hydrogens is 342 g/mol. The molecule has 0 unspecified atom stereocenters. The van der Waals surface area contributed by atoms with Crippen molar-refractivity contribution < 1.29 is 9.59 Å². The van der Waals surface area contributed by atoms with Gasteiger partial charge in [0.25, 0.3) is 0 Å². The van der Waals surface area contributed by atoms with Crippen molar-refractivity contribution in [2.45, 2.75) is 13.5 Å². The highest BCUT2D eigenvalue weighted by molar-refractivity contribution is 6.10. The minimum Gasteiger partial charge on any atom is -0.330 e. The minimum absolute atomic E-state index is 0.0734. The lowest BCUT2D eigenvalue weighted by atomic mass is 10.1. The smallest absolute Gasteiger partial charge is 0.328 e. The van der Waals surface area contributed by atoms with E-state index in [-0.39, 0.29) is 18.4 Å². The maximum Gasteiger partial charge on any atom is 0.328 e. The van der Waals surface area contributed by atoms with Gasteiger partial charge in [-0.05, 0) is 19.1 Å².